The molecule has 2 N–H and O–H groups in total. The minimum atomic E-state index is -4.00. The SMILES string of the molecule is COc1ccc(C(C)NC(=O)c2ccccc2NS(=O)(=O)c2ccc3c(c2)OCCO3)c(OC)c1. The van der Waals surface area contributed by atoms with E-state index in [2.05, 4.69) is 10.0 Å². The number of nitrogens with one attached hydrogen (secondary N) is 2. The van der Waals surface area contributed by atoms with Crippen LogP contribution < -0.4 is 29.0 Å². The Morgan fingerprint density at radius 2 is 1.69 bits per heavy atom. The van der Waals surface area contributed by atoms with E-state index in [1.807, 2.05) is 6.92 Å². The molecule has 1 atom stereocenters. The molecule has 184 valence electrons. The minimum Gasteiger partial charge on any atom is -0.497 e. The number of amides is 1. The van der Waals surface area contributed by atoms with Gasteiger partial charge in [0.05, 0.1) is 36.4 Å². The lowest BCUT2D eigenvalue weighted by Crippen LogP contribution is -2.28. The molecule has 0 bridgehead atoms. The van der Waals surface area contributed by atoms with Crippen molar-refractivity contribution in [3.8, 4) is 23.0 Å². The third-order valence-corrected chi connectivity index (χ3v) is 6.86. The number of sulfonamides is 1. The van der Waals surface area contributed by atoms with Crippen molar-refractivity contribution in [3.05, 3.63) is 71.8 Å². The number of rotatable bonds is 8. The highest BCUT2D eigenvalue weighted by Crippen LogP contribution is 2.33. The van der Waals surface area contributed by atoms with Gasteiger partial charge in [-0.15, -0.1) is 0 Å². The van der Waals surface area contributed by atoms with Crippen LogP contribution in [0.4, 0.5) is 5.69 Å². The van der Waals surface area contributed by atoms with E-state index in [9.17, 15) is 13.2 Å². The monoisotopic (exact) mass is 498 g/mol. The molecule has 0 aromatic heterocycles. The van der Waals surface area contributed by atoms with E-state index < -0.39 is 22.0 Å². The molecule has 0 aliphatic carbocycles. The zero-order chi connectivity index (χ0) is 25.0. The van der Waals surface area contributed by atoms with Crippen LogP contribution in [-0.2, 0) is 10.0 Å². The van der Waals surface area contributed by atoms with Crippen LogP contribution in [0.25, 0.3) is 0 Å². The first-order chi connectivity index (χ1) is 16.8. The molecule has 0 radical (unpaired) electrons. The highest BCUT2D eigenvalue weighted by atomic mass is 32.2. The molecule has 0 saturated carbocycles. The predicted molar refractivity (Wildman–Crippen MR) is 130 cm³/mol. The van der Waals surface area contributed by atoms with Crippen LogP contribution in [0.5, 0.6) is 23.0 Å². The Morgan fingerprint density at radius 3 is 2.43 bits per heavy atom. The lowest BCUT2D eigenvalue weighted by Gasteiger charge is -2.20. The lowest BCUT2D eigenvalue weighted by molar-refractivity contribution is 0.0940. The van der Waals surface area contributed by atoms with Gasteiger partial charge in [-0.1, -0.05) is 12.1 Å². The van der Waals surface area contributed by atoms with Gasteiger partial charge in [0.15, 0.2) is 11.5 Å². The van der Waals surface area contributed by atoms with Crippen molar-refractivity contribution in [1.82, 2.24) is 5.32 Å². The molecule has 3 aromatic carbocycles. The Hall–Kier alpha value is -3.92. The van der Waals surface area contributed by atoms with Crippen LogP contribution in [0, 0.1) is 0 Å². The molecule has 1 unspecified atom stereocenters. The number of fused-ring (bicyclic) bond motifs is 1. The lowest BCUT2D eigenvalue weighted by atomic mass is 10.1. The molecule has 3 aromatic rings. The summed E-state index contributed by atoms with van der Waals surface area (Å²) in [5.74, 6) is 1.58. The average molecular weight is 499 g/mol. The van der Waals surface area contributed by atoms with Gasteiger partial charge in [0, 0.05) is 17.7 Å². The van der Waals surface area contributed by atoms with Gasteiger partial charge in [-0.2, -0.15) is 0 Å². The van der Waals surface area contributed by atoms with E-state index in [1.165, 1.54) is 25.3 Å². The summed E-state index contributed by atoms with van der Waals surface area (Å²) in [6.07, 6.45) is 0. The summed E-state index contributed by atoms with van der Waals surface area (Å²) >= 11 is 0. The zero-order valence-corrected chi connectivity index (χ0v) is 20.3. The quantitative estimate of drug-likeness (QED) is 0.486. The highest BCUT2D eigenvalue weighted by molar-refractivity contribution is 7.92. The van der Waals surface area contributed by atoms with Gasteiger partial charge in [0.1, 0.15) is 24.7 Å². The van der Waals surface area contributed by atoms with Gasteiger partial charge < -0.3 is 24.3 Å². The van der Waals surface area contributed by atoms with Gasteiger partial charge in [-0.05, 0) is 43.3 Å². The van der Waals surface area contributed by atoms with E-state index in [-0.39, 0.29) is 16.1 Å². The second-order valence-corrected chi connectivity index (χ2v) is 9.44. The van der Waals surface area contributed by atoms with Crippen molar-refractivity contribution >= 4 is 21.6 Å². The van der Waals surface area contributed by atoms with Crippen LogP contribution >= 0.6 is 0 Å². The summed E-state index contributed by atoms with van der Waals surface area (Å²) in [6, 6.07) is 15.6. The number of anilines is 1. The van der Waals surface area contributed by atoms with Gasteiger partial charge in [0.25, 0.3) is 15.9 Å². The number of ether oxygens (including phenoxy) is 4. The van der Waals surface area contributed by atoms with Gasteiger partial charge in [-0.3, -0.25) is 9.52 Å². The number of para-hydroxylation sites is 1. The molecule has 1 amide bonds. The summed E-state index contributed by atoms with van der Waals surface area (Å²) in [5, 5.41) is 2.90. The normalized spacial score (nSPS) is 13.5. The fraction of sp³-hybridized carbons (Fsp3) is 0.240. The smallest absolute Gasteiger partial charge is 0.262 e. The number of hydrogen-bond acceptors (Lipinski definition) is 7. The Morgan fingerprint density at radius 1 is 0.943 bits per heavy atom. The number of carbonyl (C=O) groups is 1. The minimum absolute atomic E-state index is 0.00621. The van der Waals surface area contributed by atoms with E-state index in [1.54, 1.807) is 49.6 Å². The van der Waals surface area contributed by atoms with Crippen LogP contribution in [0.1, 0.15) is 28.9 Å². The van der Waals surface area contributed by atoms with Crippen molar-refractivity contribution < 1.29 is 32.2 Å². The van der Waals surface area contributed by atoms with Gasteiger partial charge in [-0.25, -0.2) is 8.42 Å². The molecule has 4 rings (SSSR count). The first kappa shape index (κ1) is 24.2. The van der Waals surface area contributed by atoms with Crippen molar-refractivity contribution in [2.75, 3.05) is 32.2 Å². The first-order valence-electron chi connectivity index (χ1n) is 10.9. The maximum atomic E-state index is 13.1. The standard InChI is InChI=1S/C25H26N2O7S/c1-16(19-10-8-17(31-2)14-23(19)32-3)26-25(28)20-6-4-5-7-21(20)27-35(29,30)18-9-11-22-24(15-18)34-13-12-33-22/h4-11,14-16,27H,12-13H2,1-3H3,(H,26,28). The predicted octanol–water partition coefficient (Wildman–Crippen LogP) is 3.77. The maximum Gasteiger partial charge on any atom is 0.262 e. The van der Waals surface area contributed by atoms with Crippen LogP contribution in [0.2, 0.25) is 0 Å². The third-order valence-electron chi connectivity index (χ3n) is 5.49. The van der Waals surface area contributed by atoms with Gasteiger partial charge in [0.2, 0.25) is 0 Å². The number of methoxy groups -OCH3 is 2. The first-order valence-corrected chi connectivity index (χ1v) is 12.3. The van der Waals surface area contributed by atoms with Crippen molar-refractivity contribution in [2.45, 2.75) is 17.9 Å². The molecule has 35 heavy (non-hydrogen) atoms. The van der Waals surface area contributed by atoms with Gasteiger partial charge >= 0.3 is 0 Å². The molecule has 1 aliphatic heterocycles. The van der Waals surface area contributed by atoms with E-state index in [0.717, 1.165) is 5.56 Å². The molecule has 0 spiro atoms. The van der Waals surface area contributed by atoms with E-state index >= 15 is 0 Å². The summed E-state index contributed by atoms with van der Waals surface area (Å²) in [4.78, 5) is 13.1. The fourth-order valence-corrected chi connectivity index (χ4v) is 4.79. The van der Waals surface area contributed by atoms with Crippen LogP contribution in [0.3, 0.4) is 0 Å². The summed E-state index contributed by atoms with van der Waals surface area (Å²) in [6.45, 7) is 2.55. The topological polar surface area (TPSA) is 112 Å². The van der Waals surface area contributed by atoms with Crippen molar-refractivity contribution in [2.24, 2.45) is 0 Å². The summed E-state index contributed by atoms with van der Waals surface area (Å²) in [5.41, 5.74) is 1.07. The van der Waals surface area contributed by atoms with Crippen molar-refractivity contribution in [3.63, 3.8) is 0 Å². The molecule has 0 fully saturated rings. The summed E-state index contributed by atoms with van der Waals surface area (Å²) < 4.78 is 50.3. The Labute approximate surface area is 204 Å². The van der Waals surface area contributed by atoms with Crippen molar-refractivity contribution in [1.29, 1.82) is 0 Å². The van der Waals surface area contributed by atoms with Crippen LogP contribution in [0.15, 0.2) is 65.6 Å². The highest BCUT2D eigenvalue weighted by Gasteiger charge is 2.23. The Kier molecular flexibility index (Phi) is 7.02. The largest absolute Gasteiger partial charge is 0.497 e. The molecule has 0 saturated heterocycles. The molecule has 1 heterocycles. The molecule has 1 aliphatic rings. The zero-order valence-electron chi connectivity index (χ0n) is 19.5. The molecular weight excluding hydrogens is 472 g/mol. The Bertz CT molecular complexity index is 1340. The van der Waals surface area contributed by atoms with E-state index in [0.29, 0.717) is 36.2 Å². The summed E-state index contributed by atoms with van der Waals surface area (Å²) in [7, 11) is -0.907. The average Bonchev–Trinajstić information content (AvgIpc) is 2.87. The number of hydrogen-bond donors (Lipinski definition) is 2. The third kappa shape index (κ3) is 5.27. The van der Waals surface area contributed by atoms with Crippen LogP contribution in [-0.4, -0.2) is 41.8 Å². The second kappa shape index (κ2) is 10.1. The molecule has 10 heteroatoms. The molecular formula is C25H26N2O7S. The number of benzene rings is 3. The Balaban J connectivity index is 1.56. The van der Waals surface area contributed by atoms with E-state index in [4.69, 9.17) is 18.9 Å². The maximum absolute atomic E-state index is 13.1. The second-order valence-electron chi connectivity index (χ2n) is 7.76. The number of carbonyl (C=O) groups excluding carboxylic acids is 1. The fourth-order valence-electron chi connectivity index (χ4n) is 3.69. The molecule has 9 nitrogen and oxygen atoms in total.